The van der Waals surface area contributed by atoms with Gasteiger partial charge in [-0.1, -0.05) is 42.0 Å². The maximum atomic E-state index is 13.4. The van der Waals surface area contributed by atoms with Gasteiger partial charge in [-0.3, -0.25) is 4.79 Å². The van der Waals surface area contributed by atoms with Crippen LogP contribution >= 0.6 is 0 Å². The van der Waals surface area contributed by atoms with Crippen molar-refractivity contribution in [3.63, 3.8) is 0 Å². The van der Waals surface area contributed by atoms with E-state index in [1.54, 1.807) is 0 Å². The molecular weight excluding hydrogens is 360 g/mol. The third-order valence-electron chi connectivity index (χ3n) is 5.90. The van der Waals surface area contributed by atoms with E-state index in [4.69, 9.17) is 4.42 Å². The highest BCUT2D eigenvalue weighted by Gasteiger charge is 2.37. The van der Waals surface area contributed by atoms with Gasteiger partial charge in [0.25, 0.3) is 0 Å². The van der Waals surface area contributed by atoms with Gasteiger partial charge in [-0.15, -0.1) is 0 Å². The molecule has 2 heterocycles. The normalized spacial score (nSPS) is 21.0. The number of para-hydroxylation sites is 2. The van der Waals surface area contributed by atoms with Gasteiger partial charge in [0.2, 0.25) is 0 Å². The molecule has 0 amide bonds. The third kappa shape index (κ3) is 3.25. The molecule has 0 bridgehead atoms. The number of fused-ring (bicyclic) bond motifs is 1. The quantitative estimate of drug-likeness (QED) is 0.580. The molecule has 4 heteroatoms. The van der Waals surface area contributed by atoms with Crippen LogP contribution in [0.4, 0.5) is 11.4 Å². The molecule has 146 valence electrons. The zero-order chi connectivity index (χ0) is 20.0. The van der Waals surface area contributed by atoms with E-state index in [0.29, 0.717) is 6.42 Å². The van der Waals surface area contributed by atoms with Crippen LogP contribution in [0.1, 0.15) is 47.4 Å². The van der Waals surface area contributed by atoms with Crippen LogP contribution in [0, 0.1) is 13.8 Å². The van der Waals surface area contributed by atoms with Crippen LogP contribution in [0.15, 0.2) is 76.4 Å². The zero-order valence-corrected chi connectivity index (χ0v) is 16.7. The fourth-order valence-electron chi connectivity index (χ4n) is 4.39. The Balaban J connectivity index is 1.60. The van der Waals surface area contributed by atoms with E-state index >= 15 is 0 Å². The van der Waals surface area contributed by atoms with Crippen molar-refractivity contribution < 1.29 is 9.21 Å². The summed E-state index contributed by atoms with van der Waals surface area (Å²) in [7, 11) is 0. The number of carbonyl (C=O) groups excluding carboxylic acids is 1. The Bertz CT molecular complexity index is 1110. The number of carbonyl (C=O) groups is 1. The Morgan fingerprint density at radius 2 is 1.66 bits per heavy atom. The Labute approximate surface area is 170 Å². The van der Waals surface area contributed by atoms with Crippen LogP contribution in [-0.4, -0.2) is 5.78 Å². The minimum absolute atomic E-state index is 0.170. The molecule has 0 saturated carbocycles. The van der Waals surface area contributed by atoms with Gasteiger partial charge in [-0.25, -0.2) is 0 Å². The molecule has 0 saturated heterocycles. The van der Waals surface area contributed by atoms with E-state index in [1.165, 1.54) is 11.1 Å². The number of aryl methyl sites for hydroxylation is 2. The summed E-state index contributed by atoms with van der Waals surface area (Å²) in [4.78, 5) is 13.4. The smallest absolute Gasteiger partial charge is 0.163 e. The largest absolute Gasteiger partial charge is 0.464 e. The Morgan fingerprint density at radius 1 is 0.897 bits per heavy atom. The third-order valence-corrected chi connectivity index (χ3v) is 5.90. The van der Waals surface area contributed by atoms with Gasteiger partial charge in [-0.05, 0) is 56.0 Å². The first-order chi connectivity index (χ1) is 14.1. The van der Waals surface area contributed by atoms with Crippen LogP contribution in [-0.2, 0) is 4.79 Å². The van der Waals surface area contributed by atoms with Gasteiger partial charge < -0.3 is 15.1 Å². The lowest BCUT2D eigenvalue weighted by Gasteiger charge is -2.29. The van der Waals surface area contributed by atoms with Gasteiger partial charge >= 0.3 is 0 Å². The fraction of sp³-hybridized carbons (Fsp3) is 0.240. The number of furan rings is 1. The van der Waals surface area contributed by atoms with Crippen LogP contribution in [0.3, 0.4) is 0 Å². The second-order valence-corrected chi connectivity index (χ2v) is 8.03. The first-order valence-electron chi connectivity index (χ1n) is 10.1. The fourth-order valence-corrected chi connectivity index (χ4v) is 4.39. The van der Waals surface area contributed by atoms with Crippen molar-refractivity contribution in [2.75, 3.05) is 10.6 Å². The molecule has 1 aliphatic heterocycles. The molecule has 2 N–H and O–H groups in total. The number of rotatable bonds is 2. The van der Waals surface area contributed by atoms with E-state index in [2.05, 4.69) is 41.8 Å². The average Bonchev–Trinajstić information content (AvgIpc) is 3.06. The molecule has 29 heavy (non-hydrogen) atoms. The molecule has 0 spiro atoms. The predicted octanol–water partition coefficient (Wildman–Crippen LogP) is 5.88. The molecule has 1 aliphatic carbocycles. The molecule has 3 aromatic rings. The van der Waals surface area contributed by atoms with E-state index in [0.717, 1.165) is 40.6 Å². The minimum atomic E-state index is -0.290. The molecule has 0 fully saturated rings. The maximum absolute atomic E-state index is 13.4. The Hall–Kier alpha value is -3.27. The lowest BCUT2D eigenvalue weighted by molar-refractivity contribution is -0.116. The number of allylic oxidation sites excluding steroid dienone is 1. The topological polar surface area (TPSA) is 54.3 Å². The standard InChI is InChI=1S/C25H24N2O2/c1-15-7-10-17(11-8-15)18-13-21-24(22(28)14-18)25(23-12-9-16(2)29-23)27-20-6-4-3-5-19(20)26-21/h3-12,18,25-27H,13-14H2,1-2H3/t18-,25-/m0/s1. The van der Waals surface area contributed by atoms with Crippen LogP contribution in [0.25, 0.3) is 0 Å². The van der Waals surface area contributed by atoms with Crippen molar-refractivity contribution in [1.82, 2.24) is 0 Å². The monoisotopic (exact) mass is 384 g/mol. The van der Waals surface area contributed by atoms with E-state index < -0.39 is 0 Å². The molecule has 1 aromatic heterocycles. The summed E-state index contributed by atoms with van der Waals surface area (Å²) in [5.41, 5.74) is 6.19. The molecular formula is C25H24N2O2. The van der Waals surface area contributed by atoms with Crippen LogP contribution in [0.5, 0.6) is 0 Å². The number of benzene rings is 2. The average molecular weight is 384 g/mol. The highest BCUT2D eigenvalue weighted by molar-refractivity contribution is 6.01. The number of Topliss-reactive ketones (excluding diaryl/α,β-unsaturated/α-hetero) is 1. The number of nitrogens with one attached hydrogen (secondary N) is 2. The lowest BCUT2D eigenvalue weighted by atomic mass is 9.79. The zero-order valence-electron chi connectivity index (χ0n) is 16.7. The second-order valence-electron chi connectivity index (χ2n) is 8.03. The van der Waals surface area contributed by atoms with Gasteiger partial charge in [0.15, 0.2) is 5.78 Å². The lowest BCUT2D eigenvalue weighted by Crippen LogP contribution is -2.26. The summed E-state index contributed by atoms with van der Waals surface area (Å²) in [6, 6.07) is 20.2. The van der Waals surface area contributed by atoms with Crippen molar-refractivity contribution in [3.8, 4) is 0 Å². The molecule has 2 aliphatic rings. The van der Waals surface area contributed by atoms with E-state index in [9.17, 15) is 4.79 Å². The summed E-state index contributed by atoms with van der Waals surface area (Å²) >= 11 is 0. The molecule has 0 unspecified atom stereocenters. The number of hydrogen-bond donors (Lipinski definition) is 2. The first-order valence-corrected chi connectivity index (χ1v) is 10.1. The van der Waals surface area contributed by atoms with E-state index in [1.807, 2.05) is 43.3 Å². The number of ketones is 1. The summed E-state index contributed by atoms with van der Waals surface area (Å²) in [6.07, 6.45) is 1.31. The maximum Gasteiger partial charge on any atom is 0.163 e. The summed E-state index contributed by atoms with van der Waals surface area (Å²) in [5.74, 6) is 1.97. The van der Waals surface area contributed by atoms with Crippen molar-refractivity contribution >= 4 is 17.2 Å². The predicted molar refractivity (Wildman–Crippen MR) is 115 cm³/mol. The Morgan fingerprint density at radius 3 is 2.38 bits per heavy atom. The molecule has 5 rings (SSSR count). The first kappa shape index (κ1) is 17.8. The van der Waals surface area contributed by atoms with Gasteiger partial charge in [0.05, 0.1) is 11.4 Å². The summed E-state index contributed by atoms with van der Waals surface area (Å²) in [6.45, 7) is 4.01. The SMILES string of the molecule is Cc1ccc([C@@H]2CC(=O)C3=C(C2)Nc2ccccc2N[C@H]3c2ccc(C)o2)cc1. The Kier molecular flexibility index (Phi) is 4.27. The van der Waals surface area contributed by atoms with Gasteiger partial charge in [0, 0.05) is 17.7 Å². The second kappa shape index (κ2) is 6.96. The molecule has 2 aromatic carbocycles. The number of hydrogen-bond acceptors (Lipinski definition) is 4. The van der Waals surface area contributed by atoms with Crippen LogP contribution < -0.4 is 10.6 Å². The summed E-state index contributed by atoms with van der Waals surface area (Å²) < 4.78 is 5.94. The van der Waals surface area contributed by atoms with Crippen molar-refractivity contribution in [1.29, 1.82) is 0 Å². The molecule has 0 radical (unpaired) electrons. The summed E-state index contributed by atoms with van der Waals surface area (Å²) in [5, 5.41) is 7.11. The van der Waals surface area contributed by atoms with Gasteiger partial charge in [-0.2, -0.15) is 0 Å². The minimum Gasteiger partial charge on any atom is -0.464 e. The van der Waals surface area contributed by atoms with Crippen molar-refractivity contribution in [3.05, 3.63) is 94.6 Å². The van der Waals surface area contributed by atoms with Crippen molar-refractivity contribution in [2.45, 2.75) is 38.6 Å². The van der Waals surface area contributed by atoms with E-state index in [-0.39, 0.29) is 17.7 Å². The molecule has 4 nitrogen and oxygen atoms in total. The van der Waals surface area contributed by atoms with Crippen molar-refractivity contribution in [2.24, 2.45) is 0 Å². The van der Waals surface area contributed by atoms with Crippen LogP contribution in [0.2, 0.25) is 0 Å². The highest BCUT2D eigenvalue weighted by atomic mass is 16.3. The van der Waals surface area contributed by atoms with Gasteiger partial charge in [0.1, 0.15) is 17.6 Å². The number of anilines is 2. The molecule has 2 atom stereocenters. The highest BCUT2D eigenvalue weighted by Crippen LogP contribution is 2.44.